The molecule has 0 radical (unpaired) electrons. The molecule has 1 atom stereocenters. The summed E-state index contributed by atoms with van der Waals surface area (Å²) in [5.41, 5.74) is 0.958. The summed E-state index contributed by atoms with van der Waals surface area (Å²) in [6.45, 7) is 9.55. The van der Waals surface area contributed by atoms with Crippen molar-refractivity contribution in [3.05, 3.63) is 10.6 Å². The van der Waals surface area contributed by atoms with E-state index in [9.17, 15) is 0 Å². The highest BCUT2D eigenvalue weighted by molar-refractivity contribution is 7.15. The van der Waals surface area contributed by atoms with E-state index in [-0.39, 0.29) is 6.61 Å². The summed E-state index contributed by atoms with van der Waals surface area (Å²) >= 11 is 1.60. The maximum absolute atomic E-state index is 9.13. The van der Waals surface area contributed by atoms with E-state index in [1.54, 1.807) is 11.3 Å². The van der Waals surface area contributed by atoms with E-state index in [1.165, 1.54) is 0 Å². The summed E-state index contributed by atoms with van der Waals surface area (Å²) in [5.74, 6) is 0. The van der Waals surface area contributed by atoms with Crippen LogP contribution in [0, 0.1) is 6.92 Å². The number of rotatable bonds is 5. The summed E-state index contributed by atoms with van der Waals surface area (Å²) < 4.78 is 0. The van der Waals surface area contributed by atoms with Gasteiger partial charge in [-0.05, 0) is 27.2 Å². The van der Waals surface area contributed by atoms with Crippen molar-refractivity contribution in [3.8, 4) is 0 Å². The van der Waals surface area contributed by atoms with Crippen LogP contribution in [0.1, 0.15) is 37.8 Å². The number of hydrogen-bond donors (Lipinski definition) is 1. The van der Waals surface area contributed by atoms with Gasteiger partial charge in [-0.2, -0.15) is 0 Å². The van der Waals surface area contributed by atoms with Crippen molar-refractivity contribution in [2.45, 2.75) is 46.8 Å². The second-order valence-electron chi connectivity index (χ2n) is 3.71. The molecule has 0 aliphatic rings. The van der Waals surface area contributed by atoms with E-state index in [0.29, 0.717) is 6.04 Å². The summed E-state index contributed by atoms with van der Waals surface area (Å²) in [5, 5.41) is 10.2. The third-order valence-electron chi connectivity index (χ3n) is 2.73. The summed E-state index contributed by atoms with van der Waals surface area (Å²) in [7, 11) is 0. The molecule has 1 heterocycles. The number of nitrogens with zero attached hydrogens (tertiary/aromatic N) is 2. The van der Waals surface area contributed by atoms with E-state index in [4.69, 9.17) is 5.11 Å². The van der Waals surface area contributed by atoms with Crippen molar-refractivity contribution in [2.24, 2.45) is 0 Å². The molecule has 0 saturated heterocycles. The molecule has 0 amide bonds. The molecule has 0 aliphatic carbocycles. The molecule has 86 valence electrons. The van der Waals surface area contributed by atoms with Crippen LogP contribution in [0.2, 0.25) is 0 Å². The van der Waals surface area contributed by atoms with Crippen LogP contribution >= 0.6 is 11.3 Å². The molecule has 0 bridgehead atoms. The SMILES string of the molecule is CCC(C)N(CC)c1nc(C)c(CO)s1. The molecular weight excluding hydrogens is 208 g/mol. The van der Waals surface area contributed by atoms with Crippen LogP contribution in [0.15, 0.2) is 0 Å². The Kier molecular flexibility index (Phi) is 4.54. The number of anilines is 1. The highest BCUT2D eigenvalue weighted by Gasteiger charge is 2.16. The van der Waals surface area contributed by atoms with Crippen molar-refractivity contribution in [1.82, 2.24) is 4.98 Å². The third-order valence-corrected chi connectivity index (χ3v) is 3.91. The second kappa shape index (κ2) is 5.47. The quantitative estimate of drug-likeness (QED) is 0.841. The van der Waals surface area contributed by atoms with Crippen LogP contribution in [-0.4, -0.2) is 22.7 Å². The number of aryl methyl sites for hydroxylation is 1. The molecule has 3 nitrogen and oxygen atoms in total. The van der Waals surface area contributed by atoms with Gasteiger partial charge >= 0.3 is 0 Å². The minimum atomic E-state index is 0.0988. The Balaban J connectivity index is 2.92. The predicted molar refractivity (Wildman–Crippen MR) is 65.5 cm³/mol. The van der Waals surface area contributed by atoms with Gasteiger partial charge in [-0.15, -0.1) is 0 Å². The zero-order valence-corrected chi connectivity index (χ0v) is 10.8. The molecule has 0 saturated carbocycles. The Morgan fingerprint density at radius 1 is 1.47 bits per heavy atom. The van der Waals surface area contributed by atoms with E-state index >= 15 is 0 Å². The predicted octanol–water partition coefficient (Wildman–Crippen LogP) is 2.57. The van der Waals surface area contributed by atoms with Crippen LogP contribution in [-0.2, 0) is 6.61 Å². The second-order valence-corrected chi connectivity index (χ2v) is 4.77. The molecule has 0 spiro atoms. The molecule has 0 aromatic carbocycles. The Hall–Kier alpha value is -0.610. The maximum atomic E-state index is 9.13. The van der Waals surface area contributed by atoms with E-state index in [0.717, 1.165) is 28.7 Å². The summed E-state index contributed by atoms with van der Waals surface area (Å²) in [6, 6.07) is 0.507. The number of aromatic nitrogens is 1. The van der Waals surface area contributed by atoms with Crippen molar-refractivity contribution in [1.29, 1.82) is 0 Å². The van der Waals surface area contributed by atoms with Gasteiger partial charge in [0.25, 0.3) is 0 Å². The van der Waals surface area contributed by atoms with Crippen molar-refractivity contribution in [3.63, 3.8) is 0 Å². The lowest BCUT2D eigenvalue weighted by atomic mass is 10.2. The molecule has 1 N–H and O–H groups in total. The Bertz CT molecular complexity index is 312. The standard InChI is InChI=1S/C11H20N2OS/c1-5-8(3)13(6-2)11-12-9(4)10(7-14)15-11/h8,14H,5-7H2,1-4H3. The fourth-order valence-corrected chi connectivity index (χ4v) is 2.63. The molecule has 1 aromatic heterocycles. The topological polar surface area (TPSA) is 36.4 Å². The number of aliphatic hydroxyl groups is 1. The van der Waals surface area contributed by atoms with Gasteiger partial charge in [0.15, 0.2) is 5.13 Å². The summed E-state index contributed by atoms with van der Waals surface area (Å²) in [4.78, 5) is 7.77. The van der Waals surface area contributed by atoms with Crippen molar-refractivity contribution in [2.75, 3.05) is 11.4 Å². The largest absolute Gasteiger partial charge is 0.391 e. The normalized spacial score (nSPS) is 12.9. The number of aliphatic hydroxyl groups excluding tert-OH is 1. The Labute approximate surface area is 95.8 Å². The molecule has 15 heavy (non-hydrogen) atoms. The van der Waals surface area contributed by atoms with E-state index in [2.05, 4.69) is 30.7 Å². The first-order valence-electron chi connectivity index (χ1n) is 5.47. The molecule has 0 aliphatic heterocycles. The van der Waals surface area contributed by atoms with Crippen LogP contribution in [0.5, 0.6) is 0 Å². The Morgan fingerprint density at radius 3 is 2.53 bits per heavy atom. The molecule has 1 aromatic rings. The molecule has 1 rings (SSSR count). The van der Waals surface area contributed by atoms with Gasteiger partial charge in [0.2, 0.25) is 0 Å². The van der Waals surface area contributed by atoms with Gasteiger partial charge in [0, 0.05) is 12.6 Å². The van der Waals surface area contributed by atoms with Gasteiger partial charge in [-0.3, -0.25) is 0 Å². The maximum Gasteiger partial charge on any atom is 0.186 e. The van der Waals surface area contributed by atoms with E-state index < -0.39 is 0 Å². The van der Waals surface area contributed by atoms with Crippen LogP contribution in [0.4, 0.5) is 5.13 Å². The molecule has 4 heteroatoms. The average Bonchev–Trinajstić information content (AvgIpc) is 2.60. The first kappa shape index (κ1) is 12.5. The number of thiazole rings is 1. The van der Waals surface area contributed by atoms with Crippen molar-refractivity contribution >= 4 is 16.5 Å². The van der Waals surface area contributed by atoms with Crippen LogP contribution in [0.3, 0.4) is 0 Å². The van der Waals surface area contributed by atoms with Gasteiger partial charge in [0.1, 0.15) is 0 Å². The van der Waals surface area contributed by atoms with E-state index in [1.807, 2.05) is 6.92 Å². The average molecular weight is 228 g/mol. The highest BCUT2D eigenvalue weighted by Crippen LogP contribution is 2.27. The van der Waals surface area contributed by atoms with Crippen LogP contribution in [0.25, 0.3) is 0 Å². The van der Waals surface area contributed by atoms with Gasteiger partial charge in [-0.1, -0.05) is 18.3 Å². The lowest BCUT2D eigenvalue weighted by Gasteiger charge is -2.26. The fourth-order valence-electron chi connectivity index (χ4n) is 1.54. The molecular formula is C11H20N2OS. The zero-order chi connectivity index (χ0) is 11.4. The third kappa shape index (κ3) is 2.69. The van der Waals surface area contributed by atoms with Gasteiger partial charge in [-0.25, -0.2) is 4.98 Å². The summed E-state index contributed by atoms with van der Waals surface area (Å²) in [6.07, 6.45) is 1.11. The lowest BCUT2D eigenvalue weighted by Crippen LogP contribution is -2.32. The zero-order valence-electron chi connectivity index (χ0n) is 9.95. The van der Waals surface area contributed by atoms with Crippen LogP contribution < -0.4 is 4.90 Å². The first-order chi connectivity index (χ1) is 7.13. The van der Waals surface area contributed by atoms with Gasteiger partial charge in [0.05, 0.1) is 17.2 Å². The smallest absolute Gasteiger partial charge is 0.186 e. The first-order valence-corrected chi connectivity index (χ1v) is 6.29. The molecule has 0 fully saturated rings. The minimum Gasteiger partial charge on any atom is -0.391 e. The fraction of sp³-hybridized carbons (Fsp3) is 0.727. The number of hydrogen-bond acceptors (Lipinski definition) is 4. The minimum absolute atomic E-state index is 0.0988. The van der Waals surface area contributed by atoms with Crippen molar-refractivity contribution < 1.29 is 5.11 Å². The lowest BCUT2D eigenvalue weighted by molar-refractivity contribution is 0.284. The van der Waals surface area contributed by atoms with Gasteiger partial charge < -0.3 is 10.0 Å². The highest BCUT2D eigenvalue weighted by atomic mass is 32.1. The monoisotopic (exact) mass is 228 g/mol. The molecule has 1 unspecified atom stereocenters. The Morgan fingerprint density at radius 2 is 2.13 bits per heavy atom.